The van der Waals surface area contributed by atoms with Gasteiger partial charge in [-0.1, -0.05) is 34.1 Å². The second-order valence-electron chi connectivity index (χ2n) is 3.40. The number of hydrogen-bond acceptors (Lipinski definition) is 1. The summed E-state index contributed by atoms with van der Waals surface area (Å²) in [4.78, 5) is 0. The van der Waals surface area contributed by atoms with Crippen LogP contribution in [0.1, 0.15) is 18.4 Å². The van der Waals surface area contributed by atoms with Crippen LogP contribution in [0.15, 0.2) is 40.6 Å². The summed E-state index contributed by atoms with van der Waals surface area (Å²) in [5, 5.41) is 9.71. The zero-order valence-electron chi connectivity index (χ0n) is 8.00. The van der Waals surface area contributed by atoms with Crippen LogP contribution in [0.5, 0.6) is 0 Å². The standard InChI is InChI=1S/C12H10BrFO/c13-9-5-3-6-10(14)12(9)8-4-1-2-7-11(8)15/h1,3-6,15H,2,7H2. The predicted molar refractivity (Wildman–Crippen MR) is 62.0 cm³/mol. The minimum absolute atomic E-state index is 0.253. The van der Waals surface area contributed by atoms with E-state index >= 15 is 0 Å². The van der Waals surface area contributed by atoms with Crippen molar-refractivity contribution in [2.45, 2.75) is 12.8 Å². The lowest BCUT2D eigenvalue weighted by Gasteiger charge is -2.13. The SMILES string of the molecule is OC1=C(c2c(F)cccc2Br)C=CCC1. The Bertz CT molecular complexity index is 429. The first-order valence-electron chi connectivity index (χ1n) is 4.73. The highest BCUT2D eigenvalue weighted by Gasteiger charge is 2.15. The molecule has 0 unspecified atom stereocenters. The molecule has 0 saturated carbocycles. The molecule has 0 amide bonds. The van der Waals surface area contributed by atoms with Gasteiger partial charge in [0.2, 0.25) is 0 Å². The van der Waals surface area contributed by atoms with Crippen LogP contribution in [-0.4, -0.2) is 5.11 Å². The largest absolute Gasteiger partial charge is 0.512 e. The van der Waals surface area contributed by atoms with Crippen molar-refractivity contribution in [1.82, 2.24) is 0 Å². The minimum atomic E-state index is -0.322. The highest BCUT2D eigenvalue weighted by molar-refractivity contribution is 9.10. The summed E-state index contributed by atoms with van der Waals surface area (Å²) in [6.45, 7) is 0. The molecule has 0 aromatic heterocycles. The second kappa shape index (κ2) is 4.19. The lowest BCUT2D eigenvalue weighted by atomic mass is 9.97. The van der Waals surface area contributed by atoms with Crippen LogP contribution in [0.25, 0.3) is 5.57 Å². The summed E-state index contributed by atoms with van der Waals surface area (Å²) in [6, 6.07) is 4.79. The molecule has 0 fully saturated rings. The molecule has 0 atom stereocenters. The third-order valence-electron chi connectivity index (χ3n) is 2.38. The Balaban J connectivity index is 2.59. The number of rotatable bonds is 1. The quantitative estimate of drug-likeness (QED) is 0.809. The Morgan fingerprint density at radius 1 is 1.33 bits per heavy atom. The van der Waals surface area contributed by atoms with Crippen molar-refractivity contribution in [2.24, 2.45) is 0 Å². The van der Waals surface area contributed by atoms with E-state index in [-0.39, 0.29) is 11.6 Å². The number of aliphatic hydroxyl groups excluding tert-OH is 1. The fraction of sp³-hybridized carbons (Fsp3) is 0.167. The molecule has 1 aliphatic carbocycles. The summed E-state index contributed by atoms with van der Waals surface area (Å²) in [5.41, 5.74) is 1.01. The predicted octanol–water partition coefficient (Wildman–Crippen LogP) is 4.21. The monoisotopic (exact) mass is 268 g/mol. The zero-order chi connectivity index (χ0) is 10.8. The highest BCUT2D eigenvalue weighted by atomic mass is 79.9. The normalized spacial score (nSPS) is 15.9. The van der Waals surface area contributed by atoms with Gasteiger partial charge in [-0.3, -0.25) is 0 Å². The number of allylic oxidation sites excluding steroid dienone is 4. The minimum Gasteiger partial charge on any atom is -0.512 e. The topological polar surface area (TPSA) is 20.2 Å². The van der Waals surface area contributed by atoms with Crippen molar-refractivity contribution in [3.63, 3.8) is 0 Å². The maximum absolute atomic E-state index is 13.6. The molecule has 0 saturated heterocycles. The molecule has 2 rings (SSSR count). The summed E-state index contributed by atoms with van der Waals surface area (Å²) < 4.78 is 14.3. The average molecular weight is 269 g/mol. The molecular weight excluding hydrogens is 259 g/mol. The Morgan fingerprint density at radius 2 is 2.13 bits per heavy atom. The van der Waals surface area contributed by atoms with E-state index in [1.54, 1.807) is 18.2 Å². The number of aliphatic hydroxyl groups is 1. The summed E-state index contributed by atoms with van der Waals surface area (Å²) >= 11 is 3.29. The van der Waals surface area contributed by atoms with Crippen molar-refractivity contribution in [1.29, 1.82) is 0 Å². The molecule has 1 N–H and O–H groups in total. The first kappa shape index (κ1) is 10.4. The molecular formula is C12H10BrFO. The van der Waals surface area contributed by atoms with Crippen LogP contribution in [0.3, 0.4) is 0 Å². The molecule has 3 heteroatoms. The van der Waals surface area contributed by atoms with Crippen LogP contribution in [-0.2, 0) is 0 Å². The van der Waals surface area contributed by atoms with E-state index in [1.165, 1.54) is 6.07 Å². The van der Waals surface area contributed by atoms with Crippen LogP contribution in [0, 0.1) is 5.82 Å². The molecule has 0 heterocycles. The van der Waals surface area contributed by atoms with E-state index in [0.29, 0.717) is 22.0 Å². The lowest BCUT2D eigenvalue weighted by molar-refractivity contribution is 0.391. The van der Waals surface area contributed by atoms with E-state index in [1.807, 2.05) is 6.08 Å². The number of benzene rings is 1. The molecule has 1 nitrogen and oxygen atoms in total. The summed E-state index contributed by atoms with van der Waals surface area (Å²) in [6.07, 6.45) is 5.09. The Morgan fingerprint density at radius 3 is 2.80 bits per heavy atom. The number of hydrogen-bond donors (Lipinski definition) is 1. The van der Waals surface area contributed by atoms with Gasteiger partial charge >= 0.3 is 0 Å². The molecule has 15 heavy (non-hydrogen) atoms. The van der Waals surface area contributed by atoms with Crippen molar-refractivity contribution in [3.8, 4) is 0 Å². The van der Waals surface area contributed by atoms with Crippen LogP contribution in [0.2, 0.25) is 0 Å². The van der Waals surface area contributed by atoms with Gasteiger partial charge in [-0.15, -0.1) is 0 Å². The van der Waals surface area contributed by atoms with E-state index in [2.05, 4.69) is 15.9 Å². The smallest absolute Gasteiger partial charge is 0.132 e. The molecule has 78 valence electrons. The third kappa shape index (κ3) is 1.97. The van der Waals surface area contributed by atoms with Crippen molar-refractivity contribution in [2.75, 3.05) is 0 Å². The van der Waals surface area contributed by atoms with E-state index < -0.39 is 0 Å². The van der Waals surface area contributed by atoms with Gasteiger partial charge in [0.15, 0.2) is 0 Å². The van der Waals surface area contributed by atoms with Gasteiger partial charge < -0.3 is 5.11 Å². The highest BCUT2D eigenvalue weighted by Crippen LogP contribution is 2.32. The Kier molecular flexibility index (Phi) is 2.91. The summed E-state index contributed by atoms with van der Waals surface area (Å²) in [7, 11) is 0. The fourth-order valence-electron chi connectivity index (χ4n) is 1.63. The molecule has 1 aromatic rings. The van der Waals surface area contributed by atoms with Gasteiger partial charge in [-0.05, 0) is 18.6 Å². The average Bonchev–Trinajstić information content (AvgIpc) is 2.20. The third-order valence-corrected chi connectivity index (χ3v) is 3.04. The van der Waals surface area contributed by atoms with Gasteiger partial charge in [0.1, 0.15) is 11.6 Å². The van der Waals surface area contributed by atoms with E-state index in [9.17, 15) is 9.50 Å². The first-order valence-corrected chi connectivity index (χ1v) is 5.52. The molecule has 1 aliphatic rings. The number of halogens is 2. The maximum Gasteiger partial charge on any atom is 0.132 e. The molecule has 0 spiro atoms. The lowest BCUT2D eigenvalue weighted by Crippen LogP contribution is -1.97. The Labute approximate surface area is 96.1 Å². The van der Waals surface area contributed by atoms with Crippen LogP contribution in [0.4, 0.5) is 4.39 Å². The van der Waals surface area contributed by atoms with Gasteiger partial charge in [0, 0.05) is 22.0 Å². The van der Waals surface area contributed by atoms with E-state index in [0.717, 1.165) is 6.42 Å². The molecule has 1 aromatic carbocycles. The van der Waals surface area contributed by atoms with E-state index in [4.69, 9.17) is 0 Å². The van der Waals surface area contributed by atoms with Crippen LogP contribution < -0.4 is 0 Å². The molecule has 0 radical (unpaired) electrons. The molecule has 0 aliphatic heterocycles. The second-order valence-corrected chi connectivity index (χ2v) is 4.25. The van der Waals surface area contributed by atoms with Crippen molar-refractivity contribution < 1.29 is 9.50 Å². The molecule has 0 bridgehead atoms. The van der Waals surface area contributed by atoms with Gasteiger partial charge in [-0.2, -0.15) is 0 Å². The summed E-state index contributed by atoms with van der Waals surface area (Å²) in [5.74, 6) is -0.0687. The van der Waals surface area contributed by atoms with Gasteiger partial charge in [0.25, 0.3) is 0 Å². The zero-order valence-corrected chi connectivity index (χ0v) is 9.59. The van der Waals surface area contributed by atoms with Crippen molar-refractivity contribution >= 4 is 21.5 Å². The first-order chi connectivity index (χ1) is 7.20. The van der Waals surface area contributed by atoms with Crippen LogP contribution >= 0.6 is 15.9 Å². The fourth-order valence-corrected chi connectivity index (χ4v) is 2.19. The Hall–Kier alpha value is -1.09. The van der Waals surface area contributed by atoms with Gasteiger partial charge in [-0.25, -0.2) is 4.39 Å². The van der Waals surface area contributed by atoms with Crippen molar-refractivity contribution in [3.05, 3.63) is 52.0 Å². The van der Waals surface area contributed by atoms with Gasteiger partial charge in [0.05, 0.1) is 0 Å². The maximum atomic E-state index is 13.6.